The van der Waals surface area contributed by atoms with Crippen LogP contribution in [-0.2, 0) is 16.6 Å². The van der Waals surface area contributed by atoms with E-state index in [4.69, 9.17) is 0 Å². The quantitative estimate of drug-likeness (QED) is 0.863. The van der Waals surface area contributed by atoms with Gasteiger partial charge in [0.1, 0.15) is 12.9 Å². The zero-order valence-electron chi connectivity index (χ0n) is 12.2. The molecule has 114 valence electrons. The van der Waals surface area contributed by atoms with Crippen molar-refractivity contribution in [2.45, 2.75) is 17.3 Å². The number of thioether (sulfide) groups is 1. The van der Waals surface area contributed by atoms with Crippen molar-refractivity contribution in [3.8, 4) is 0 Å². The lowest BCUT2D eigenvalue weighted by Crippen LogP contribution is -2.45. The summed E-state index contributed by atoms with van der Waals surface area (Å²) in [6, 6.07) is 7.28. The summed E-state index contributed by atoms with van der Waals surface area (Å²) in [5.74, 6) is -0.321. The Hall–Kier alpha value is -2.35. The number of anilines is 2. The second-order valence-electron chi connectivity index (χ2n) is 4.97. The number of para-hydroxylation sites is 2. The average Bonchev–Trinajstić information content (AvgIpc) is 2.90. The van der Waals surface area contributed by atoms with Crippen molar-refractivity contribution in [1.29, 1.82) is 0 Å². The molecule has 0 unspecified atom stereocenters. The van der Waals surface area contributed by atoms with Crippen LogP contribution in [0.15, 0.2) is 35.7 Å². The van der Waals surface area contributed by atoms with E-state index in [2.05, 4.69) is 15.5 Å². The fourth-order valence-corrected chi connectivity index (χ4v) is 3.09. The van der Waals surface area contributed by atoms with E-state index in [9.17, 15) is 9.59 Å². The van der Waals surface area contributed by atoms with Crippen LogP contribution in [-0.4, -0.2) is 38.4 Å². The van der Waals surface area contributed by atoms with Crippen LogP contribution in [0, 0.1) is 0 Å². The number of fused-ring (bicyclic) bond motifs is 1. The topological polar surface area (TPSA) is 80.1 Å². The number of nitrogens with one attached hydrogen (secondary N) is 1. The van der Waals surface area contributed by atoms with Gasteiger partial charge in [-0.05, 0) is 19.1 Å². The first-order valence-corrected chi connectivity index (χ1v) is 7.65. The highest BCUT2D eigenvalue weighted by Crippen LogP contribution is 2.31. The average molecular weight is 317 g/mol. The molecule has 1 aromatic heterocycles. The highest BCUT2D eigenvalue weighted by molar-refractivity contribution is 8.00. The van der Waals surface area contributed by atoms with Gasteiger partial charge in [0.15, 0.2) is 5.16 Å². The monoisotopic (exact) mass is 317 g/mol. The summed E-state index contributed by atoms with van der Waals surface area (Å²) in [7, 11) is 1.82. The molecule has 0 bridgehead atoms. The summed E-state index contributed by atoms with van der Waals surface area (Å²) in [6.07, 6.45) is 1.59. The van der Waals surface area contributed by atoms with Crippen molar-refractivity contribution in [1.82, 2.24) is 14.8 Å². The Bertz CT molecular complexity index is 730. The zero-order chi connectivity index (χ0) is 15.7. The largest absolute Gasteiger partial charge is 0.323 e. The summed E-state index contributed by atoms with van der Waals surface area (Å²) >= 11 is 1.32. The maximum atomic E-state index is 12.7. The first-order valence-electron chi connectivity index (χ1n) is 6.77. The third-order valence-electron chi connectivity index (χ3n) is 3.34. The molecule has 22 heavy (non-hydrogen) atoms. The maximum Gasteiger partial charge on any atom is 0.244 e. The van der Waals surface area contributed by atoms with Crippen molar-refractivity contribution in [2.24, 2.45) is 7.05 Å². The number of rotatable bonds is 3. The highest BCUT2D eigenvalue weighted by atomic mass is 32.2. The van der Waals surface area contributed by atoms with Crippen LogP contribution in [0.1, 0.15) is 6.92 Å². The molecule has 8 heteroatoms. The summed E-state index contributed by atoms with van der Waals surface area (Å²) in [5.41, 5.74) is 1.38. The van der Waals surface area contributed by atoms with Gasteiger partial charge in [-0.25, -0.2) is 0 Å². The van der Waals surface area contributed by atoms with Crippen LogP contribution in [0.5, 0.6) is 0 Å². The maximum absolute atomic E-state index is 12.7. The molecular weight excluding hydrogens is 302 g/mol. The second kappa shape index (κ2) is 5.80. The minimum Gasteiger partial charge on any atom is -0.323 e. The molecule has 3 rings (SSSR count). The molecule has 2 aromatic rings. The predicted octanol–water partition coefficient (Wildman–Crippen LogP) is 1.28. The standard InChI is InChI=1S/C14H15N5O2S/c1-9(22-14-17-15-8-18(14)2)13(21)19-7-12(20)16-10-5-3-4-6-11(10)19/h3-6,8-9H,7H2,1-2H3,(H,16,20)/t9-/m0/s1. The predicted molar refractivity (Wildman–Crippen MR) is 83.7 cm³/mol. The van der Waals surface area contributed by atoms with Crippen molar-refractivity contribution in [3.63, 3.8) is 0 Å². The molecule has 7 nitrogen and oxygen atoms in total. The number of aryl methyl sites for hydroxylation is 1. The summed E-state index contributed by atoms with van der Waals surface area (Å²) in [5, 5.41) is 10.8. The van der Waals surface area contributed by atoms with E-state index in [1.807, 2.05) is 25.2 Å². The number of aromatic nitrogens is 3. The normalized spacial score (nSPS) is 15.2. The third kappa shape index (κ3) is 2.69. The minimum atomic E-state index is -0.373. The van der Waals surface area contributed by atoms with Gasteiger partial charge in [0, 0.05) is 7.05 Å². The third-order valence-corrected chi connectivity index (χ3v) is 4.47. The Morgan fingerprint density at radius 1 is 1.41 bits per heavy atom. The molecule has 2 amide bonds. The molecule has 0 saturated carbocycles. The first kappa shape index (κ1) is 14.6. The van der Waals surface area contributed by atoms with Gasteiger partial charge in [-0.15, -0.1) is 10.2 Å². The molecule has 0 aliphatic carbocycles. The van der Waals surface area contributed by atoms with Gasteiger partial charge in [-0.3, -0.25) is 14.5 Å². The highest BCUT2D eigenvalue weighted by Gasteiger charge is 2.30. The number of benzene rings is 1. The second-order valence-corrected chi connectivity index (χ2v) is 6.28. The fourth-order valence-electron chi connectivity index (χ4n) is 2.24. The fraction of sp³-hybridized carbons (Fsp3) is 0.286. The van der Waals surface area contributed by atoms with E-state index in [1.54, 1.807) is 23.9 Å². The lowest BCUT2D eigenvalue weighted by molar-refractivity contribution is -0.121. The van der Waals surface area contributed by atoms with Gasteiger partial charge in [-0.2, -0.15) is 0 Å². The van der Waals surface area contributed by atoms with Crippen LogP contribution in [0.2, 0.25) is 0 Å². The lowest BCUT2D eigenvalue weighted by Gasteiger charge is -2.30. The van der Waals surface area contributed by atoms with E-state index in [0.717, 1.165) is 5.69 Å². The molecule has 0 saturated heterocycles. The van der Waals surface area contributed by atoms with Crippen molar-refractivity contribution in [3.05, 3.63) is 30.6 Å². The van der Waals surface area contributed by atoms with Crippen molar-refractivity contribution in [2.75, 3.05) is 16.8 Å². The van der Waals surface area contributed by atoms with Crippen LogP contribution in [0.25, 0.3) is 0 Å². The number of nitrogens with zero attached hydrogens (tertiary/aromatic N) is 4. The summed E-state index contributed by atoms with van der Waals surface area (Å²) in [4.78, 5) is 26.0. The van der Waals surface area contributed by atoms with E-state index >= 15 is 0 Å². The van der Waals surface area contributed by atoms with Gasteiger partial charge in [0.25, 0.3) is 0 Å². The molecule has 2 heterocycles. The smallest absolute Gasteiger partial charge is 0.244 e. The van der Waals surface area contributed by atoms with Gasteiger partial charge in [-0.1, -0.05) is 23.9 Å². The Morgan fingerprint density at radius 2 is 2.18 bits per heavy atom. The van der Waals surface area contributed by atoms with Gasteiger partial charge in [0.2, 0.25) is 11.8 Å². The molecule has 1 aromatic carbocycles. The molecule has 0 fully saturated rings. The van der Waals surface area contributed by atoms with Crippen LogP contribution >= 0.6 is 11.8 Å². The molecule has 1 N–H and O–H groups in total. The summed E-state index contributed by atoms with van der Waals surface area (Å²) < 4.78 is 1.76. The lowest BCUT2D eigenvalue weighted by atomic mass is 10.2. The van der Waals surface area contributed by atoms with E-state index in [1.165, 1.54) is 16.7 Å². The van der Waals surface area contributed by atoms with Gasteiger partial charge < -0.3 is 9.88 Å². The zero-order valence-corrected chi connectivity index (χ0v) is 13.0. The summed E-state index contributed by atoms with van der Waals surface area (Å²) in [6.45, 7) is 1.83. The minimum absolute atomic E-state index is 0.0273. The van der Waals surface area contributed by atoms with E-state index < -0.39 is 0 Å². The van der Waals surface area contributed by atoms with Gasteiger partial charge in [0.05, 0.1) is 16.6 Å². The van der Waals surface area contributed by atoms with Crippen LogP contribution in [0.4, 0.5) is 11.4 Å². The SMILES string of the molecule is C[C@H](Sc1nncn1C)C(=O)N1CC(=O)Nc2ccccc21. The Labute approximate surface area is 131 Å². The van der Waals surface area contributed by atoms with Crippen molar-refractivity contribution >= 4 is 35.0 Å². The van der Waals surface area contributed by atoms with E-state index in [-0.39, 0.29) is 23.6 Å². The van der Waals surface area contributed by atoms with Crippen LogP contribution in [0.3, 0.4) is 0 Å². The Balaban J connectivity index is 1.83. The first-order chi connectivity index (χ1) is 10.6. The molecule has 1 atom stereocenters. The number of carbonyl (C=O) groups is 2. The molecule has 0 radical (unpaired) electrons. The van der Waals surface area contributed by atoms with Gasteiger partial charge >= 0.3 is 0 Å². The number of hydrogen-bond acceptors (Lipinski definition) is 5. The van der Waals surface area contributed by atoms with Crippen molar-refractivity contribution < 1.29 is 9.59 Å². The van der Waals surface area contributed by atoms with Crippen LogP contribution < -0.4 is 10.2 Å². The van der Waals surface area contributed by atoms with E-state index in [0.29, 0.717) is 10.8 Å². The number of hydrogen-bond donors (Lipinski definition) is 1. The number of amides is 2. The number of carbonyl (C=O) groups excluding carboxylic acids is 2. The molecule has 1 aliphatic rings. The molecule has 1 aliphatic heterocycles. The Kier molecular flexibility index (Phi) is 3.84. The Morgan fingerprint density at radius 3 is 2.91 bits per heavy atom. The molecule has 0 spiro atoms. The molecular formula is C14H15N5O2S.